The molecule has 0 aliphatic carbocycles. The fourth-order valence-electron chi connectivity index (χ4n) is 2.37. The number of aryl methyl sites for hydroxylation is 1. The van der Waals surface area contributed by atoms with Crippen molar-refractivity contribution in [3.63, 3.8) is 0 Å². The molecule has 0 radical (unpaired) electrons. The monoisotopic (exact) mass is 340 g/mol. The number of carbonyl (C=O) groups is 2. The number of anilines is 1. The zero-order chi connectivity index (χ0) is 18.2. The Kier molecular flexibility index (Phi) is 6.57. The first-order valence-electron chi connectivity index (χ1n) is 8.36. The van der Waals surface area contributed by atoms with E-state index in [-0.39, 0.29) is 11.8 Å². The van der Waals surface area contributed by atoms with Crippen LogP contribution in [0.15, 0.2) is 48.5 Å². The number of para-hydroxylation sites is 1. The molecule has 25 heavy (non-hydrogen) atoms. The van der Waals surface area contributed by atoms with Crippen molar-refractivity contribution in [3.8, 4) is 5.75 Å². The maximum absolute atomic E-state index is 12.5. The maximum atomic E-state index is 12.5. The number of hydrogen-bond donors (Lipinski definition) is 2. The predicted molar refractivity (Wildman–Crippen MR) is 98.7 cm³/mol. The zero-order valence-corrected chi connectivity index (χ0v) is 14.8. The van der Waals surface area contributed by atoms with Crippen LogP contribution in [-0.4, -0.2) is 25.0 Å². The second-order valence-corrected chi connectivity index (χ2v) is 5.82. The lowest BCUT2D eigenvalue weighted by atomic mass is 10.1. The molecular formula is C20H24N2O3. The van der Waals surface area contributed by atoms with Crippen molar-refractivity contribution in [2.45, 2.75) is 32.8 Å². The van der Waals surface area contributed by atoms with Crippen LogP contribution in [0.3, 0.4) is 0 Å². The second-order valence-electron chi connectivity index (χ2n) is 5.82. The number of hydrogen-bond acceptors (Lipinski definition) is 3. The molecule has 1 unspecified atom stereocenters. The van der Waals surface area contributed by atoms with E-state index in [4.69, 9.17) is 4.74 Å². The first kappa shape index (κ1) is 18.5. The van der Waals surface area contributed by atoms with Gasteiger partial charge in [-0.2, -0.15) is 0 Å². The SMILES string of the molecule is CCC(Oc1ccccc1C)C(=O)Nc1ccc(CC(=O)NC)cc1. The van der Waals surface area contributed by atoms with Gasteiger partial charge in [-0.1, -0.05) is 37.3 Å². The zero-order valence-electron chi connectivity index (χ0n) is 14.8. The number of benzene rings is 2. The van der Waals surface area contributed by atoms with Gasteiger partial charge >= 0.3 is 0 Å². The Labute approximate surface area is 148 Å². The van der Waals surface area contributed by atoms with Crippen molar-refractivity contribution in [1.82, 2.24) is 5.32 Å². The van der Waals surface area contributed by atoms with Gasteiger partial charge in [-0.25, -0.2) is 0 Å². The molecule has 1 atom stereocenters. The van der Waals surface area contributed by atoms with Gasteiger partial charge in [0.15, 0.2) is 6.10 Å². The van der Waals surface area contributed by atoms with E-state index < -0.39 is 6.10 Å². The Balaban J connectivity index is 1.99. The van der Waals surface area contributed by atoms with Crippen LogP contribution in [0, 0.1) is 6.92 Å². The van der Waals surface area contributed by atoms with E-state index in [1.807, 2.05) is 50.2 Å². The molecule has 0 heterocycles. The molecule has 0 aliphatic heterocycles. The summed E-state index contributed by atoms with van der Waals surface area (Å²) in [5.41, 5.74) is 2.56. The first-order valence-corrected chi connectivity index (χ1v) is 8.36. The lowest BCUT2D eigenvalue weighted by Gasteiger charge is -2.18. The van der Waals surface area contributed by atoms with E-state index in [0.29, 0.717) is 24.3 Å². The summed E-state index contributed by atoms with van der Waals surface area (Å²) in [4.78, 5) is 23.8. The van der Waals surface area contributed by atoms with Crippen LogP contribution in [-0.2, 0) is 16.0 Å². The normalized spacial score (nSPS) is 11.5. The van der Waals surface area contributed by atoms with Crippen LogP contribution in [0.2, 0.25) is 0 Å². The Bertz CT molecular complexity index is 726. The smallest absolute Gasteiger partial charge is 0.265 e. The molecule has 2 rings (SSSR count). The van der Waals surface area contributed by atoms with E-state index in [9.17, 15) is 9.59 Å². The third-order valence-corrected chi connectivity index (χ3v) is 3.89. The van der Waals surface area contributed by atoms with Crippen molar-refractivity contribution < 1.29 is 14.3 Å². The van der Waals surface area contributed by atoms with Crippen molar-refractivity contribution in [2.24, 2.45) is 0 Å². The fourth-order valence-corrected chi connectivity index (χ4v) is 2.37. The van der Waals surface area contributed by atoms with E-state index in [2.05, 4.69) is 10.6 Å². The highest BCUT2D eigenvalue weighted by Crippen LogP contribution is 2.20. The van der Waals surface area contributed by atoms with Gasteiger partial charge in [0.1, 0.15) is 5.75 Å². The second kappa shape index (κ2) is 8.87. The summed E-state index contributed by atoms with van der Waals surface area (Å²) in [7, 11) is 1.61. The molecule has 132 valence electrons. The summed E-state index contributed by atoms with van der Waals surface area (Å²) in [6.45, 7) is 3.86. The molecule has 0 spiro atoms. The van der Waals surface area contributed by atoms with Crippen LogP contribution in [0.1, 0.15) is 24.5 Å². The van der Waals surface area contributed by atoms with Crippen LogP contribution in [0.25, 0.3) is 0 Å². The summed E-state index contributed by atoms with van der Waals surface area (Å²) < 4.78 is 5.85. The number of nitrogens with one attached hydrogen (secondary N) is 2. The molecule has 2 aromatic carbocycles. The molecular weight excluding hydrogens is 316 g/mol. The van der Waals surface area contributed by atoms with Crippen LogP contribution < -0.4 is 15.4 Å². The van der Waals surface area contributed by atoms with Gasteiger partial charge in [0.2, 0.25) is 5.91 Å². The molecule has 0 fully saturated rings. The van der Waals surface area contributed by atoms with Crippen molar-refractivity contribution in [2.75, 3.05) is 12.4 Å². The molecule has 5 nitrogen and oxygen atoms in total. The first-order chi connectivity index (χ1) is 12.0. The summed E-state index contributed by atoms with van der Waals surface area (Å²) in [6.07, 6.45) is 0.319. The van der Waals surface area contributed by atoms with Gasteiger partial charge in [-0.05, 0) is 42.7 Å². The molecule has 2 amide bonds. The molecule has 0 aromatic heterocycles. The quantitative estimate of drug-likeness (QED) is 0.814. The van der Waals surface area contributed by atoms with Gasteiger partial charge in [0.05, 0.1) is 6.42 Å². The minimum absolute atomic E-state index is 0.0468. The highest BCUT2D eigenvalue weighted by Gasteiger charge is 2.19. The Morgan fingerprint density at radius 3 is 2.36 bits per heavy atom. The van der Waals surface area contributed by atoms with Crippen LogP contribution in [0.5, 0.6) is 5.75 Å². The standard InChI is InChI=1S/C20H24N2O3/c1-4-17(25-18-8-6-5-7-14(18)2)20(24)22-16-11-9-15(10-12-16)13-19(23)21-3/h5-12,17H,4,13H2,1-3H3,(H,21,23)(H,22,24). The lowest BCUT2D eigenvalue weighted by Crippen LogP contribution is -2.32. The molecule has 0 aliphatic rings. The number of ether oxygens (including phenoxy) is 1. The molecule has 0 bridgehead atoms. The molecule has 5 heteroatoms. The minimum atomic E-state index is -0.563. The van der Waals surface area contributed by atoms with Gasteiger partial charge in [0, 0.05) is 12.7 Å². The highest BCUT2D eigenvalue weighted by molar-refractivity contribution is 5.94. The molecule has 0 saturated carbocycles. The predicted octanol–water partition coefficient (Wildman–Crippen LogP) is 3.08. The van der Waals surface area contributed by atoms with Crippen LogP contribution >= 0.6 is 0 Å². The number of amides is 2. The Morgan fingerprint density at radius 1 is 1.08 bits per heavy atom. The lowest BCUT2D eigenvalue weighted by molar-refractivity contribution is -0.123. The summed E-state index contributed by atoms with van der Waals surface area (Å²) in [5, 5.41) is 5.45. The van der Waals surface area contributed by atoms with Crippen LogP contribution in [0.4, 0.5) is 5.69 Å². The molecule has 2 N–H and O–H groups in total. The third kappa shape index (κ3) is 5.35. The summed E-state index contributed by atoms with van der Waals surface area (Å²) in [6, 6.07) is 14.9. The van der Waals surface area contributed by atoms with E-state index in [0.717, 1.165) is 11.1 Å². The summed E-state index contributed by atoms with van der Waals surface area (Å²) in [5.74, 6) is 0.477. The fraction of sp³-hybridized carbons (Fsp3) is 0.300. The van der Waals surface area contributed by atoms with Gasteiger partial charge in [-0.3, -0.25) is 9.59 Å². The topological polar surface area (TPSA) is 67.4 Å². The Morgan fingerprint density at radius 2 is 1.76 bits per heavy atom. The van der Waals surface area contributed by atoms with Crippen molar-refractivity contribution >= 4 is 17.5 Å². The molecule has 2 aromatic rings. The van der Waals surface area contributed by atoms with Crippen molar-refractivity contribution in [1.29, 1.82) is 0 Å². The number of carbonyl (C=O) groups excluding carboxylic acids is 2. The van der Waals surface area contributed by atoms with Gasteiger partial charge in [-0.15, -0.1) is 0 Å². The largest absolute Gasteiger partial charge is 0.480 e. The average Bonchev–Trinajstić information content (AvgIpc) is 2.62. The van der Waals surface area contributed by atoms with Gasteiger partial charge in [0.25, 0.3) is 5.91 Å². The maximum Gasteiger partial charge on any atom is 0.265 e. The van der Waals surface area contributed by atoms with Gasteiger partial charge < -0.3 is 15.4 Å². The van der Waals surface area contributed by atoms with Crippen molar-refractivity contribution in [3.05, 3.63) is 59.7 Å². The van der Waals surface area contributed by atoms with E-state index >= 15 is 0 Å². The number of rotatable bonds is 7. The number of likely N-dealkylation sites (N-methyl/N-ethyl adjacent to an activating group) is 1. The Hall–Kier alpha value is -2.82. The highest BCUT2D eigenvalue weighted by atomic mass is 16.5. The summed E-state index contributed by atoms with van der Waals surface area (Å²) >= 11 is 0. The van der Waals surface area contributed by atoms with E-state index in [1.54, 1.807) is 19.2 Å². The third-order valence-electron chi connectivity index (χ3n) is 3.89. The minimum Gasteiger partial charge on any atom is -0.480 e. The average molecular weight is 340 g/mol. The van der Waals surface area contributed by atoms with E-state index in [1.165, 1.54) is 0 Å². The molecule has 0 saturated heterocycles.